The number of hydrogen-bond donors (Lipinski definition) is 0. The van der Waals surface area contributed by atoms with Crippen LogP contribution < -0.4 is 4.31 Å². The van der Waals surface area contributed by atoms with Crippen LogP contribution in [-0.2, 0) is 40.5 Å². The van der Waals surface area contributed by atoms with Crippen LogP contribution in [0.1, 0.15) is 27.8 Å². The molecule has 4 aromatic rings. The van der Waals surface area contributed by atoms with Gasteiger partial charge in [-0.05, 0) is 65.3 Å². The number of rotatable bonds is 5. The Kier molecular flexibility index (Phi) is 7.50. The Balaban J connectivity index is 1.66. The molecule has 0 aliphatic carbocycles. The largest absolute Gasteiger partial charge is 0.471 e. The van der Waals surface area contributed by atoms with E-state index in [9.17, 15) is 43.9 Å². The summed E-state index contributed by atoms with van der Waals surface area (Å²) >= 11 is 1.07. The highest BCUT2D eigenvalue weighted by Crippen LogP contribution is 2.42. The first-order valence-corrected chi connectivity index (χ1v) is 14.7. The van der Waals surface area contributed by atoms with Gasteiger partial charge in [0.05, 0.1) is 17.0 Å². The number of benzene rings is 3. The minimum atomic E-state index is -5.16. The molecule has 1 aliphatic rings. The Morgan fingerprint density at radius 2 is 1.71 bits per heavy atom. The lowest BCUT2D eigenvalue weighted by Gasteiger charge is -2.32. The highest BCUT2D eigenvalue weighted by atomic mass is 32.2. The summed E-state index contributed by atoms with van der Waals surface area (Å²) in [5.74, 6) is -3.63. The van der Waals surface area contributed by atoms with E-state index in [0.717, 1.165) is 21.7 Å². The lowest BCUT2D eigenvalue weighted by Crippen LogP contribution is -2.44. The second-order valence-electron chi connectivity index (χ2n) is 9.72. The quantitative estimate of drug-likeness (QED) is 0.219. The lowest BCUT2D eigenvalue weighted by atomic mass is 10.00. The minimum absolute atomic E-state index is 0.0137. The van der Waals surface area contributed by atoms with Gasteiger partial charge in [0.1, 0.15) is 10.8 Å². The van der Waals surface area contributed by atoms with Crippen LogP contribution in [-0.4, -0.2) is 31.9 Å². The van der Waals surface area contributed by atoms with Gasteiger partial charge in [-0.2, -0.15) is 26.3 Å². The van der Waals surface area contributed by atoms with Crippen molar-refractivity contribution in [1.82, 2.24) is 4.90 Å². The van der Waals surface area contributed by atoms with Crippen LogP contribution in [0.4, 0.5) is 35.7 Å². The van der Waals surface area contributed by atoms with E-state index >= 15 is 0 Å². The molecule has 3 aromatic carbocycles. The molecule has 222 valence electrons. The molecule has 0 saturated carbocycles. The van der Waals surface area contributed by atoms with Crippen LogP contribution in [0.2, 0.25) is 0 Å². The Morgan fingerprint density at radius 1 is 1.00 bits per heavy atom. The average Bonchev–Trinajstić information content (AvgIpc) is 3.26. The molecule has 1 amide bonds. The first-order chi connectivity index (χ1) is 19.6. The Morgan fingerprint density at radius 3 is 2.38 bits per heavy atom. The molecule has 0 fully saturated rings. The third-order valence-corrected chi connectivity index (χ3v) is 10.3. The number of nitrogens with zero attached hydrogens (tertiary/aromatic N) is 2. The van der Waals surface area contributed by atoms with E-state index in [0.29, 0.717) is 38.2 Å². The summed E-state index contributed by atoms with van der Waals surface area (Å²) in [4.78, 5) is 12.1. The van der Waals surface area contributed by atoms with Gasteiger partial charge < -0.3 is 4.90 Å². The van der Waals surface area contributed by atoms with E-state index in [4.69, 9.17) is 0 Å². The van der Waals surface area contributed by atoms with Crippen LogP contribution in [0.5, 0.6) is 0 Å². The van der Waals surface area contributed by atoms with Crippen molar-refractivity contribution >= 4 is 42.4 Å². The van der Waals surface area contributed by atoms with E-state index in [1.165, 1.54) is 12.1 Å². The number of aryl methyl sites for hydroxylation is 1. The molecular formula is C28H21F7N2O3S2. The second-order valence-corrected chi connectivity index (χ2v) is 12.6. The van der Waals surface area contributed by atoms with Gasteiger partial charge in [-0.15, -0.1) is 11.3 Å². The Bertz CT molecular complexity index is 1800. The zero-order valence-corrected chi connectivity index (χ0v) is 23.3. The first-order valence-electron chi connectivity index (χ1n) is 12.4. The number of anilines is 1. The van der Waals surface area contributed by atoms with Gasteiger partial charge in [-0.1, -0.05) is 36.4 Å². The van der Waals surface area contributed by atoms with Crippen molar-refractivity contribution in [3.05, 3.63) is 94.3 Å². The van der Waals surface area contributed by atoms with E-state index in [-0.39, 0.29) is 34.0 Å². The van der Waals surface area contributed by atoms with Crippen LogP contribution in [0.15, 0.2) is 65.6 Å². The van der Waals surface area contributed by atoms with Crippen molar-refractivity contribution in [2.45, 2.75) is 43.7 Å². The van der Waals surface area contributed by atoms with Crippen LogP contribution in [0, 0.1) is 12.7 Å². The van der Waals surface area contributed by atoms with E-state index in [1.54, 1.807) is 37.3 Å². The third-order valence-electron chi connectivity index (χ3n) is 7.04. The third kappa shape index (κ3) is 5.44. The van der Waals surface area contributed by atoms with Gasteiger partial charge in [0, 0.05) is 17.8 Å². The number of carbonyl (C=O) groups is 1. The fraction of sp³-hybridized carbons (Fsp3) is 0.250. The minimum Gasteiger partial charge on any atom is -0.330 e. The summed E-state index contributed by atoms with van der Waals surface area (Å²) in [6.45, 7) is 0.113. The summed E-state index contributed by atoms with van der Waals surface area (Å²) in [5.41, 5.74) is -0.806. The van der Waals surface area contributed by atoms with Crippen LogP contribution >= 0.6 is 11.3 Å². The van der Waals surface area contributed by atoms with Crippen molar-refractivity contribution < 1.29 is 43.9 Å². The van der Waals surface area contributed by atoms with Crippen molar-refractivity contribution in [3.63, 3.8) is 0 Å². The normalized spacial score (nSPS) is 14.2. The molecule has 0 bridgehead atoms. The average molecular weight is 631 g/mol. The molecule has 14 heteroatoms. The zero-order valence-electron chi connectivity index (χ0n) is 21.7. The number of thiophene rings is 1. The molecule has 5 rings (SSSR count). The number of amides is 1. The molecule has 0 N–H and O–H groups in total. The highest BCUT2D eigenvalue weighted by Gasteiger charge is 2.44. The van der Waals surface area contributed by atoms with Gasteiger partial charge >= 0.3 is 18.3 Å². The van der Waals surface area contributed by atoms with Gasteiger partial charge in [-0.25, -0.2) is 12.8 Å². The smallest absolute Gasteiger partial charge is 0.330 e. The predicted molar refractivity (Wildman–Crippen MR) is 143 cm³/mol. The molecule has 0 spiro atoms. The summed E-state index contributed by atoms with van der Waals surface area (Å²) in [5, 5.41) is 0.871. The molecule has 2 heterocycles. The molecule has 0 saturated heterocycles. The maximum atomic E-state index is 14.4. The number of fused-ring (bicyclic) bond motifs is 2. The van der Waals surface area contributed by atoms with Crippen LogP contribution in [0.25, 0.3) is 10.1 Å². The van der Waals surface area contributed by atoms with Gasteiger partial charge in [0.15, 0.2) is 0 Å². The number of halogens is 7. The van der Waals surface area contributed by atoms with Gasteiger partial charge in [0.25, 0.3) is 10.0 Å². The monoisotopic (exact) mass is 630 g/mol. The zero-order chi connectivity index (χ0) is 30.6. The number of alkyl halides is 6. The van der Waals surface area contributed by atoms with Crippen molar-refractivity contribution in [1.29, 1.82) is 0 Å². The molecule has 5 nitrogen and oxygen atoms in total. The van der Waals surface area contributed by atoms with Crippen molar-refractivity contribution in [2.75, 3.05) is 10.8 Å². The molecule has 0 unspecified atom stereocenters. The van der Waals surface area contributed by atoms with Crippen molar-refractivity contribution in [3.8, 4) is 0 Å². The Labute approximate surface area is 239 Å². The molecule has 1 aromatic heterocycles. The lowest BCUT2D eigenvalue weighted by molar-refractivity contribution is -0.186. The van der Waals surface area contributed by atoms with Crippen LogP contribution in [0.3, 0.4) is 0 Å². The highest BCUT2D eigenvalue weighted by molar-refractivity contribution is 7.93. The first kappa shape index (κ1) is 29.8. The number of hydrogen-bond acceptors (Lipinski definition) is 4. The number of sulfonamides is 1. The second kappa shape index (κ2) is 10.6. The predicted octanol–water partition coefficient (Wildman–Crippen LogP) is 7.21. The summed E-state index contributed by atoms with van der Waals surface area (Å²) < 4.78 is 124. The summed E-state index contributed by atoms with van der Waals surface area (Å²) in [7, 11) is -4.66. The summed E-state index contributed by atoms with van der Waals surface area (Å²) in [6, 6.07) is 13.3. The topological polar surface area (TPSA) is 57.7 Å². The molecule has 0 atom stereocenters. The van der Waals surface area contributed by atoms with E-state index in [1.807, 2.05) is 0 Å². The fourth-order valence-electron chi connectivity index (χ4n) is 4.98. The van der Waals surface area contributed by atoms with E-state index in [2.05, 4.69) is 0 Å². The molecule has 42 heavy (non-hydrogen) atoms. The SMILES string of the molecule is Cc1c(N(Cc2ccc(F)c(C(F)(F)F)c2)S(=O)(=O)c2cccc3c2CN(C(=O)C(F)(F)F)CC3)sc2ccccc12. The van der Waals surface area contributed by atoms with Gasteiger partial charge in [-0.3, -0.25) is 9.10 Å². The Hall–Kier alpha value is -3.65. The number of carbonyl (C=O) groups excluding carboxylic acids is 1. The van der Waals surface area contributed by atoms with E-state index < -0.39 is 52.8 Å². The fourth-order valence-corrected chi connectivity index (χ4v) is 8.17. The molecule has 0 radical (unpaired) electrons. The summed E-state index contributed by atoms with van der Waals surface area (Å²) in [6.07, 6.45) is -10.2. The molecule has 1 aliphatic heterocycles. The van der Waals surface area contributed by atoms with Crippen molar-refractivity contribution in [2.24, 2.45) is 0 Å². The maximum Gasteiger partial charge on any atom is 0.471 e. The maximum absolute atomic E-state index is 14.4. The molecular weight excluding hydrogens is 609 g/mol. The standard InChI is InChI=1S/C28H21F7N2O3S2/c1-16-19-6-2-3-7-23(19)41-25(16)37(14-17-9-10-22(29)21(13-17)27(30,31)32)42(39,40)24-8-4-5-18-11-12-36(15-20(18)24)26(38)28(33,34)35/h2-10,13H,11-12,14-15H2,1H3. The van der Waals surface area contributed by atoms with Gasteiger partial charge in [0.2, 0.25) is 0 Å².